The molecular weight excluding hydrogens is 383 g/mol. The van der Waals surface area contributed by atoms with Crippen molar-refractivity contribution in [2.75, 3.05) is 5.32 Å². The maximum absolute atomic E-state index is 12.3. The third kappa shape index (κ3) is 4.13. The second-order valence-electron chi connectivity index (χ2n) is 6.33. The zero-order valence-corrected chi connectivity index (χ0v) is 15.3. The molecule has 0 aliphatic carbocycles. The van der Waals surface area contributed by atoms with E-state index in [2.05, 4.69) is 25.1 Å². The van der Waals surface area contributed by atoms with Gasteiger partial charge >= 0.3 is 6.36 Å². The molecule has 0 spiro atoms. The fraction of sp³-hybridized carbons (Fsp3) is 0.150. The van der Waals surface area contributed by atoms with Crippen LogP contribution in [0.5, 0.6) is 5.75 Å². The van der Waals surface area contributed by atoms with Gasteiger partial charge in [0.2, 0.25) is 0 Å². The van der Waals surface area contributed by atoms with Crippen LogP contribution in [0.25, 0.3) is 11.0 Å². The van der Waals surface area contributed by atoms with Gasteiger partial charge in [0, 0.05) is 5.69 Å². The Balaban J connectivity index is 1.60. The number of nitrogens with zero attached hydrogens (tertiary/aromatic N) is 4. The van der Waals surface area contributed by atoms with Gasteiger partial charge in [-0.3, -0.25) is 0 Å². The summed E-state index contributed by atoms with van der Waals surface area (Å²) in [7, 11) is 0. The summed E-state index contributed by atoms with van der Waals surface area (Å²) in [6, 6.07) is 15.3. The van der Waals surface area contributed by atoms with E-state index in [0.717, 1.165) is 5.56 Å². The molecule has 0 amide bonds. The summed E-state index contributed by atoms with van der Waals surface area (Å²) in [5.41, 5.74) is 2.30. The highest BCUT2D eigenvalue weighted by Crippen LogP contribution is 2.28. The Bertz CT molecular complexity index is 1110. The molecule has 0 bridgehead atoms. The maximum atomic E-state index is 12.3. The van der Waals surface area contributed by atoms with Crippen LogP contribution in [0.2, 0.25) is 0 Å². The van der Waals surface area contributed by atoms with Gasteiger partial charge in [-0.1, -0.05) is 30.3 Å². The number of benzene rings is 2. The van der Waals surface area contributed by atoms with Crippen molar-refractivity contribution >= 4 is 22.5 Å². The highest BCUT2D eigenvalue weighted by molar-refractivity contribution is 5.88. The van der Waals surface area contributed by atoms with Crippen molar-refractivity contribution in [3.63, 3.8) is 0 Å². The van der Waals surface area contributed by atoms with E-state index in [9.17, 15) is 13.2 Å². The summed E-state index contributed by atoms with van der Waals surface area (Å²) < 4.78 is 42.6. The van der Waals surface area contributed by atoms with Crippen LogP contribution in [-0.2, 0) is 0 Å². The van der Waals surface area contributed by atoms with Gasteiger partial charge in [-0.25, -0.2) is 14.6 Å². The minimum atomic E-state index is -4.72. The summed E-state index contributed by atoms with van der Waals surface area (Å²) in [5, 5.41) is 8.25. The molecule has 29 heavy (non-hydrogen) atoms. The Kier molecular flexibility index (Phi) is 4.79. The van der Waals surface area contributed by atoms with Crippen LogP contribution in [0.15, 0.2) is 67.1 Å². The average Bonchev–Trinajstić information content (AvgIpc) is 3.14. The topological polar surface area (TPSA) is 64.9 Å². The molecule has 4 rings (SSSR count). The maximum Gasteiger partial charge on any atom is 0.573 e. The summed E-state index contributed by atoms with van der Waals surface area (Å²) in [6.07, 6.45) is -1.64. The van der Waals surface area contributed by atoms with E-state index >= 15 is 0 Å². The number of anilines is 2. The Labute approximate surface area is 164 Å². The SMILES string of the molecule is CC(c1ccccc1)n1ncc2c(Nc3ccc(OC(F)(F)F)cc3)ncnc21. The lowest BCUT2D eigenvalue weighted by atomic mass is 10.1. The predicted octanol–water partition coefficient (Wildman–Crippen LogP) is 5.08. The minimum absolute atomic E-state index is 0.0322. The number of hydrogen-bond acceptors (Lipinski definition) is 5. The standard InChI is InChI=1S/C20H16F3N5O/c1-13(14-5-3-2-4-6-14)28-19-17(11-26-28)18(24-12-25-19)27-15-7-9-16(10-8-15)29-20(21,22)23/h2-13H,1H3,(H,24,25,27). The molecule has 0 aliphatic heterocycles. The molecule has 4 aromatic rings. The molecule has 2 aromatic heterocycles. The van der Waals surface area contributed by atoms with E-state index in [4.69, 9.17) is 0 Å². The highest BCUT2D eigenvalue weighted by atomic mass is 19.4. The van der Waals surface area contributed by atoms with Gasteiger partial charge in [0.1, 0.15) is 17.9 Å². The number of halogens is 3. The van der Waals surface area contributed by atoms with E-state index in [1.807, 2.05) is 37.3 Å². The second kappa shape index (κ2) is 7.42. The first-order chi connectivity index (χ1) is 13.9. The molecule has 1 N–H and O–H groups in total. The quantitative estimate of drug-likeness (QED) is 0.507. The monoisotopic (exact) mass is 399 g/mol. The van der Waals surface area contributed by atoms with Crippen LogP contribution in [0, 0.1) is 0 Å². The molecule has 1 unspecified atom stereocenters. The van der Waals surface area contributed by atoms with E-state index in [0.29, 0.717) is 22.5 Å². The Hall–Kier alpha value is -3.62. The summed E-state index contributed by atoms with van der Waals surface area (Å²) >= 11 is 0. The number of nitrogens with one attached hydrogen (secondary N) is 1. The lowest BCUT2D eigenvalue weighted by Crippen LogP contribution is -2.16. The number of fused-ring (bicyclic) bond motifs is 1. The average molecular weight is 399 g/mol. The van der Waals surface area contributed by atoms with Crippen molar-refractivity contribution < 1.29 is 17.9 Å². The molecule has 148 valence electrons. The normalized spacial score (nSPS) is 12.7. The fourth-order valence-electron chi connectivity index (χ4n) is 2.99. The van der Waals surface area contributed by atoms with Gasteiger partial charge in [0.15, 0.2) is 5.65 Å². The van der Waals surface area contributed by atoms with Crippen LogP contribution in [0.4, 0.5) is 24.7 Å². The van der Waals surface area contributed by atoms with E-state index in [1.54, 1.807) is 10.9 Å². The van der Waals surface area contributed by atoms with E-state index < -0.39 is 6.36 Å². The van der Waals surface area contributed by atoms with E-state index in [-0.39, 0.29) is 11.8 Å². The first-order valence-electron chi connectivity index (χ1n) is 8.77. The van der Waals surface area contributed by atoms with Crippen LogP contribution in [0.3, 0.4) is 0 Å². The largest absolute Gasteiger partial charge is 0.573 e. The lowest BCUT2D eigenvalue weighted by molar-refractivity contribution is -0.274. The van der Waals surface area contributed by atoms with Crippen molar-refractivity contribution in [1.29, 1.82) is 0 Å². The minimum Gasteiger partial charge on any atom is -0.406 e. The van der Waals surface area contributed by atoms with Gasteiger partial charge in [-0.05, 0) is 36.8 Å². The summed E-state index contributed by atoms with van der Waals surface area (Å²) in [5.74, 6) is 0.214. The van der Waals surface area contributed by atoms with Gasteiger partial charge < -0.3 is 10.1 Å². The molecule has 2 aromatic carbocycles. The van der Waals surface area contributed by atoms with Crippen molar-refractivity contribution in [2.45, 2.75) is 19.3 Å². The first kappa shape index (κ1) is 18.7. The van der Waals surface area contributed by atoms with Gasteiger partial charge in [0.25, 0.3) is 0 Å². The van der Waals surface area contributed by atoms with Gasteiger partial charge in [-0.2, -0.15) is 5.10 Å². The van der Waals surface area contributed by atoms with E-state index in [1.165, 1.54) is 30.6 Å². The number of alkyl halides is 3. The Morgan fingerprint density at radius 1 is 1.00 bits per heavy atom. The molecule has 6 nitrogen and oxygen atoms in total. The first-order valence-corrected chi connectivity index (χ1v) is 8.77. The van der Waals surface area contributed by atoms with Crippen LogP contribution < -0.4 is 10.1 Å². The molecule has 2 heterocycles. The summed E-state index contributed by atoms with van der Waals surface area (Å²) in [4.78, 5) is 8.59. The number of aromatic nitrogens is 4. The third-order valence-corrected chi connectivity index (χ3v) is 4.39. The molecule has 9 heteroatoms. The molecular formula is C20H16F3N5O. The molecule has 0 saturated heterocycles. The van der Waals surface area contributed by atoms with Crippen molar-refractivity contribution in [1.82, 2.24) is 19.7 Å². The van der Waals surface area contributed by atoms with Crippen molar-refractivity contribution in [3.8, 4) is 5.75 Å². The third-order valence-electron chi connectivity index (χ3n) is 4.39. The number of hydrogen-bond donors (Lipinski definition) is 1. The molecule has 0 saturated carbocycles. The smallest absolute Gasteiger partial charge is 0.406 e. The zero-order valence-electron chi connectivity index (χ0n) is 15.3. The highest BCUT2D eigenvalue weighted by Gasteiger charge is 2.31. The molecule has 0 fully saturated rings. The molecule has 0 radical (unpaired) electrons. The summed E-state index contributed by atoms with van der Waals surface area (Å²) in [6.45, 7) is 2.02. The Morgan fingerprint density at radius 3 is 2.41 bits per heavy atom. The van der Waals surface area contributed by atoms with Crippen LogP contribution in [-0.4, -0.2) is 26.1 Å². The zero-order chi connectivity index (χ0) is 20.4. The Morgan fingerprint density at radius 2 is 1.72 bits per heavy atom. The van der Waals surface area contributed by atoms with Gasteiger partial charge in [-0.15, -0.1) is 13.2 Å². The number of rotatable bonds is 5. The van der Waals surface area contributed by atoms with Crippen molar-refractivity contribution in [2.24, 2.45) is 0 Å². The van der Waals surface area contributed by atoms with Crippen molar-refractivity contribution in [3.05, 3.63) is 72.7 Å². The van der Waals surface area contributed by atoms with Gasteiger partial charge in [0.05, 0.1) is 17.6 Å². The van der Waals surface area contributed by atoms with Crippen LogP contribution in [0.1, 0.15) is 18.5 Å². The fourth-order valence-corrected chi connectivity index (χ4v) is 2.99. The van der Waals surface area contributed by atoms with Crippen LogP contribution >= 0.6 is 0 Å². The molecule has 0 aliphatic rings. The number of ether oxygens (including phenoxy) is 1. The predicted molar refractivity (Wildman–Crippen MR) is 102 cm³/mol. The molecule has 1 atom stereocenters. The second-order valence-corrected chi connectivity index (χ2v) is 6.33. The lowest BCUT2D eigenvalue weighted by Gasteiger charge is -2.13.